The number of ether oxygens (including phenoxy) is 2. The van der Waals surface area contributed by atoms with Crippen molar-refractivity contribution in [3.63, 3.8) is 0 Å². The van der Waals surface area contributed by atoms with E-state index in [1.54, 1.807) is 41.0 Å². The van der Waals surface area contributed by atoms with Crippen LogP contribution in [0.3, 0.4) is 0 Å². The molecule has 3 rings (SSSR count). The molecular weight excluding hydrogens is 416 g/mol. The van der Waals surface area contributed by atoms with Gasteiger partial charge in [0, 0.05) is 60.5 Å². The van der Waals surface area contributed by atoms with E-state index >= 15 is 0 Å². The number of esters is 2. The molecule has 0 bridgehead atoms. The first kappa shape index (κ1) is 23.0. The van der Waals surface area contributed by atoms with Crippen LogP contribution in [0.4, 0.5) is 0 Å². The van der Waals surface area contributed by atoms with Gasteiger partial charge in [-0.25, -0.2) is 0 Å². The Kier molecular flexibility index (Phi) is 7.39. The van der Waals surface area contributed by atoms with Gasteiger partial charge in [0.2, 0.25) is 5.78 Å². The summed E-state index contributed by atoms with van der Waals surface area (Å²) >= 11 is 12.1. The molecule has 0 amide bonds. The second-order valence-electron chi connectivity index (χ2n) is 6.61. The Balaban J connectivity index is 0.00000280. The van der Waals surface area contributed by atoms with Crippen molar-refractivity contribution < 1.29 is 23.9 Å². The summed E-state index contributed by atoms with van der Waals surface area (Å²) in [4.78, 5) is 36.9. The number of benzene rings is 1. The number of carbonyl (C=O) groups excluding carboxylic acids is 3. The van der Waals surface area contributed by atoms with Crippen molar-refractivity contribution in [2.45, 2.75) is 32.6 Å². The molecule has 2 aromatic rings. The molecule has 6 nitrogen and oxygen atoms in total. The van der Waals surface area contributed by atoms with Crippen molar-refractivity contribution in [2.24, 2.45) is 5.92 Å². The van der Waals surface area contributed by atoms with Crippen molar-refractivity contribution in [1.82, 2.24) is 4.57 Å². The van der Waals surface area contributed by atoms with Crippen LogP contribution in [0.1, 0.15) is 36.3 Å². The van der Waals surface area contributed by atoms with Crippen LogP contribution in [0.15, 0.2) is 36.4 Å². The summed E-state index contributed by atoms with van der Waals surface area (Å²) in [6.45, 7) is 3.16. The van der Waals surface area contributed by atoms with Crippen LogP contribution in [-0.4, -0.2) is 57.6 Å². The van der Waals surface area contributed by atoms with Gasteiger partial charge in [-0.1, -0.05) is 23.2 Å². The molecule has 0 aliphatic carbocycles. The molecule has 0 saturated carbocycles. The average Bonchev–Trinajstić information content (AvgIpc) is 2.94. The maximum absolute atomic E-state index is 12.8. The van der Waals surface area contributed by atoms with E-state index in [-0.39, 0.29) is 48.3 Å². The van der Waals surface area contributed by atoms with Crippen LogP contribution in [0.2, 0.25) is 10.2 Å². The third-order valence-electron chi connectivity index (χ3n) is 4.17. The molecule has 9 heteroatoms. The molecule has 0 spiro atoms. The van der Waals surface area contributed by atoms with Crippen molar-refractivity contribution in [2.75, 3.05) is 0 Å². The van der Waals surface area contributed by atoms with E-state index in [9.17, 15) is 14.4 Å². The second-order valence-corrected chi connectivity index (χ2v) is 7.44. The van der Waals surface area contributed by atoms with Crippen LogP contribution >= 0.6 is 23.2 Å². The average molecular weight is 433 g/mol. The van der Waals surface area contributed by atoms with E-state index in [1.807, 2.05) is 0 Å². The monoisotopic (exact) mass is 432 g/mol. The maximum Gasteiger partial charge on any atom is 0.323 e. The first-order valence-electron chi connectivity index (χ1n) is 8.29. The first-order chi connectivity index (χ1) is 12.7. The fourth-order valence-corrected chi connectivity index (χ4v) is 3.22. The second kappa shape index (κ2) is 9.01. The number of ketones is 1. The van der Waals surface area contributed by atoms with E-state index in [4.69, 9.17) is 32.7 Å². The third kappa shape index (κ3) is 4.99. The summed E-state index contributed by atoms with van der Waals surface area (Å²) in [5.74, 6) is -3.87. The molecule has 1 radical (unpaired) electrons. The molecular formula is C19H17Cl2NNaO5. The number of carbonyl (C=O) groups is 3. The molecule has 1 aromatic carbocycles. The number of nitrogens with zero attached hydrogens (tertiary/aromatic N) is 1. The minimum atomic E-state index is -1.27. The number of hydrogen-bond donors (Lipinski definition) is 0. The Labute approximate surface area is 194 Å². The molecule has 1 fully saturated rings. The number of aromatic nitrogens is 1. The number of cyclic esters (lactones) is 2. The zero-order chi connectivity index (χ0) is 19.8. The summed E-state index contributed by atoms with van der Waals surface area (Å²) in [5.41, 5.74) is 0.800. The molecule has 1 aliphatic heterocycles. The summed E-state index contributed by atoms with van der Waals surface area (Å²) in [6.07, 6.45) is 0.100. The normalized spacial score (nSPS) is 16.1. The van der Waals surface area contributed by atoms with Crippen LogP contribution in [-0.2, 0) is 25.6 Å². The predicted molar refractivity (Wildman–Crippen MR) is 104 cm³/mol. The fraction of sp³-hybridized carbons (Fsp3) is 0.316. The van der Waals surface area contributed by atoms with Crippen molar-refractivity contribution in [3.8, 4) is 0 Å². The SMILES string of the molecule is CC1(C)OC(=O)C(CCn2c(Cl)ccc2C(=O)c2ccc(Cl)cc2)C(=O)O1.[Na]. The van der Waals surface area contributed by atoms with Crippen LogP contribution < -0.4 is 0 Å². The number of rotatable bonds is 5. The van der Waals surface area contributed by atoms with Gasteiger partial charge in [0.05, 0.1) is 5.69 Å². The molecule has 2 heterocycles. The van der Waals surface area contributed by atoms with Crippen molar-refractivity contribution in [3.05, 3.63) is 57.8 Å². The van der Waals surface area contributed by atoms with Crippen molar-refractivity contribution >= 4 is 70.5 Å². The first-order valence-corrected chi connectivity index (χ1v) is 9.04. The third-order valence-corrected chi connectivity index (χ3v) is 4.75. The maximum atomic E-state index is 12.8. The van der Waals surface area contributed by atoms with E-state index in [0.29, 0.717) is 21.4 Å². The summed E-state index contributed by atoms with van der Waals surface area (Å²) in [6, 6.07) is 9.67. The fourth-order valence-electron chi connectivity index (χ4n) is 2.86. The Morgan fingerprint density at radius 3 is 2.18 bits per heavy atom. The Hall–Kier alpha value is -1.31. The predicted octanol–water partition coefficient (Wildman–Crippen LogP) is 3.49. The molecule has 143 valence electrons. The molecule has 1 aromatic heterocycles. The topological polar surface area (TPSA) is 74.6 Å². The summed E-state index contributed by atoms with van der Waals surface area (Å²) in [7, 11) is 0. The molecule has 0 unspecified atom stereocenters. The molecule has 0 atom stereocenters. The van der Waals surface area contributed by atoms with Crippen LogP contribution in [0.5, 0.6) is 0 Å². The number of hydrogen-bond acceptors (Lipinski definition) is 5. The Bertz CT molecular complexity index is 888. The van der Waals surface area contributed by atoms with Gasteiger partial charge < -0.3 is 14.0 Å². The summed E-state index contributed by atoms with van der Waals surface area (Å²) < 4.78 is 11.8. The van der Waals surface area contributed by atoms with E-state index in [1.165, 1.54) is 13.8 Å². The minimum Gasteiger partial charge on any atom is -0.422 e. The van der Waals surface area contributed by atoms with Crippen LogP contribution in [0.25, 0.3) is 0 Å². The smallest absolute Gasteiger partial charge is 0.323 e. The van der Waals surface area contributed by atoms with Gasteiger partial charge in [0.1, 0.15) is 5.15 Å². The molecule has 28 heavy (non-hydrogen) atoms. The molecule has 1 saturated heterocycles. The molecule has 0 N–H and O–H groups in total. The zero-order valence-corrected chi connectivity index (χ0v) is 19.2. The van der Waals surface area contributed by atoms with Gasteiger partial charge in [-0.15, -0.1) is 0 Å². The van der Waals surface area contributed by atoms with Gasteiger partial charge in [-0.2, -0.15) is 0 Å². The van der Waals surface area contributed by atoms with E-state index < -0.39 is 23.6 Å². The molecule has 1 aliphatic rings. The number of halogens is 2. The van der Waals surface area contributed by atoms with Gasteiger partial charge in [-0.05, 0) is 42.8 Å². The van der Waals surface area contributed by atoms with Gasteiger partial charge in [0.15, 0.2) is 5.92 Å². The Morgan fingerprint density at radius 2 is 1.61 bits per heavy atom. The minimum absolute atomic E-state index is 0. The van der Waals surface area contributed by atoms with Gasteiger partial charge >= 0.3 is 11.9 Å². The standard InChI is InChI=1S/C19H17Cl2NO5.Na/c1-19(2)26-17(24)13(18(25)27-19)9-10-22-14(7-8-15(22)21)16(23)11-3-5-12(20)6-4-11;/h3-8,13H,9-10H2,1-2H3;. The zero-order valence-electron chi connectivity index (χ0n) is 15.7. The van der Waals surface area contributed by atoms with Crippen LogP contribution in [0, 0.1) is 5.92 Å². The van der Waals surface area contributed by atoms with E-state index in [2.05, 4.69) is 0 Å². The van der Waals surface area contributed by atoms with E-state index in [0.717, 1.165) is 0 Å². The van der Waals surface area contributed by atoms with Gasteiger partial charge in [-0.3, -0.25) is 14.4 Å². The largest absolute Gasteiger partial charge is 0.422 e. The van der Waals surface area contributed by atoms with Crippen molar-refractivity contribution in [1.29, 1.82) is 0 Å². The quantitative estimate of drug-likeness (QED) is 0.313. The summed E-state index contributed by atoms with van der Waals surface area (Å²) in [5, 5.41) is 0.849. The van der Waals surface area contributed by atoms with Gasteiger partial charge in [0.25, 0.3) is 5.79 Å². The Morgan fingerprint density at radius 1 is 1.04 bits per heavy atom.